The lowest BCUT2D eigenvalue weighted by atomic mass is 9.86. The Morgan fingerprint density at radius 2 is 1.86 bits per heavy atom. The van der Waals surface area contributed by atoms with Gasteiger partial charge < -0.3 is 14.4 Å². The largest absolute Gasteiger partial charge is 0.487 e. The van der Waals surface area contributed by atoms with E-state index in [1.54, 1.807) is 12.1 Å². The van der Waals surface area contributed by atoms with Gasteiger partial charge in [0.1, 0.15) is 23.3 Å². The molecule has 4 nitrogen and oxygen atoms in total. The highest BCUT2D eigenvalue weighted by atomic mass is 19.1. The van der Waals surface area contributed by atoms with Gasteiger partial charge in [-0.05, 0) is 63.1 Å². The highest BCUT2D eigenvalue weighted by Crippen LogP contribution is 2.37. The number of benzene rings is 2. The predicted octanol–water partition coefficient (Wildman–Crippen LogP) is 4.62. The Bertz CT molecular complexity index is 843. The Labute approximate surface area is 171 Å². The fourth-order valence-corrected chi connectivity index (χ4v) is 4.32. The molecular weight excluding hydrogens is 369 g/mol. The highest BCUT2D eigenvalue weighted by molar-refractivity contribution is 5.95. The number of para-hydroxylation sites is 1. The zero-order chi connectivity index (χ0) is 20.3. The summed E-state index contributed by atoms with van der Waals surface area (Å²) in [4.78, 5) is 14.7. The smallest absolute Gasteiger partial charge is 0.162 e. The molecule has 1 atom stereocenters. The first kappa shape index (κ1) is 20.0. The van der Waals surface area contributed by atoms with Crippen LogP contribution in [0.3, 0.4) is 0 Å². The molecule has 1 saturated heterocycles. The van der Waals surface area contributed by atoms with Gasteiger partial charge in [-0.15, -0.1) is 0 Å². The molecule has 0 amide bonds. The van der Waals surface area contributed by atoms with Gasteiger partial charge >= 0.3 is 0 Å². The van der Waals surface area contributed by atoms with Gasteiger partial charge in [0.2, 0.25) is 0 Å². The van der Waals surface area contributed by atoms with Crippen LogP contribution in [0.1, 0.15) is 48.5 Å². The maximum Gasteiger partial charge on any atom is 0.162 e. The molecule has 1 unspecified atom stereocenters. The Kier molecular flexibility index (Phi) is 5.97. The summed E-state index contributed by atoms with van der Waals surface area (Å²) in [6.07, 6.45) is 3.15. The van der Waals surface area contributed by atoms with E-state index in [2.05, 4.69) is 17.9 Å². The first-order chi connectivity index (χ1) is 14.1. The van der Waals surface area contributed by atoms with E-state index >= 15 is 0 Å². The number of ether oxygens (including phenoxy) is 2. The normalized spacial score (nSPS) is 21.2. The molecule has 5 heteroatoms. The molecule has 0 N–H and O–H groups in total. The van der Waals surface area contributed by atoms with E-state index in [1.165, 1.54) is 12.1 Å². The van der Waals surface area contributed by atoms with Crippen molar-refractivity contribution in [3.63, 3.8) is 0 Å². The molecule has 0 bridgehead atoms. The molecule has 2 aliphatic heterocycles. The fraction of sp³-hybridized carbons (Fsp3) is 0.458. The van der Waals surface area contributed by atoms with Crippen molar-refractivity contribution < 1.29 is 18.7 Å². The average molecular weight is 397 g/mol. The van der Waals surface area contributed by atoms with Gasteiger partial charge in [-0.2, -0.15) is 0 Å². The van der Waals surface area contributed by atoms with Crippen LogP contribution in [0.5, 0.6) is 5.75 Å². The number of hydrogen-bond donors (Lipinski definition) is 0. The molecule has 0 aromatic heterocycles. The summed E-state index contributed by atoms with van der Waals surface area (Å²) in [7, 11) is 0. The van der Waals surface area contributed by atoms with Gasteiger partial charge in [0.15, 0.2) is 5.78 Å². The summed E-state index contributed by atoms with van der Waals surface area (Å²) < 4.78 is 25.6. The van der Waals surface area contributed by atoms with Crippen LogP contribution < -0.4 is 4.74 Å². The zero-order valence-electron chi connectivity index (χ0n) is 16.9. The first-order valence-corrected chi connectivity index (χ1v) is 10.5. The van der Waals surface area contributed by atoms with E-state index in [0.717, 1.165) is 50.2 Å². The van der Waals surface area contributed by atoms with Gasteiger partial charge in [0, 0.05) is 30.6 Å². The van der Waals surface area contributed by atoms with Crippen LogP contribution in [0.2, 0.25) is 0 Å². The summed E-state index contributed by atoms with van der Waals surface area (Å²) in [6.45, 7) is 5.47. The minimum Gasteiger partial charge on any atom is -0.487 e. The van der Waals surface area contributed by atoms with E-state index in [-0.39, 0.29) is 23.3 Å². The molecule has 0 radical (unpaired) electrons. The van der Waals surface area contributed by atoms with Crippen LogP contribution in [0.4, 0.5) is 4.39 Å². The molecule has 1 spiro atoms. The number of ketones is 1. The molecule has 2 aromatic rings. The molecule has 29 heavy (non-hydrogen) atoms. The quantitative estimate of drug-likeness (QED) is 0.690. The van der Waals surface area contributed by atoms with Crippen molar-refractivity contribution >= 4 is 5.78 Å². The molecular formula is C24H28FNO3. The van der Waals surface area contributed by atoms with E-state index in [4.69, 9.17) is 9.47 Å². The van der Waals surface area contributed by atoms with E-state index < -0.39 is 0 Å². The van der Waals surface area contributed by atoms with Crippen LogP contribution in [0, 0.1) is 5.82 Å². The van der Waals surface area contributed by atoms with Crippen molar-refractivity contribution in [1.29, 1.82) is 0 Å². The van der Waals surface area contributed by atoms with Gasteiger partial charge in [0.25, 0.3) is 0 Å². The third-order valence-corrected chi connectivity index (χ3v) is 6.28. The molecule has 2 aromatic carbocycles. The van der Waals surface area contributed by atoms with Crippen molar-refractivity contribution in [2.24, 2.45) is 0 Å². The minimum atomic E-state index is -0.314. The Balaban J connectivity index is 1.26. The number of hydrogen-bond acceptors (Lipinski definition) is 4. The molecule has 154 valence electrons. The average Bonchev–Trinajstić information content (AvgIpc) is 2.87. The lowest BCUT2D eigenvalue weighted by Gasteiger charge is -2.43. The van der Waals surface area contributed by atoms with Gasteiger partial charge in [0.05, 0.1) is 6.61 Å². The van der Waals surface area contributed by atoms with Gasteiger partial charge in [-0.1, -0.05) is 18.2 Å². The standard InChI is InChI=1S/C24H28FNO3/c1-18-24(28-17-20-5-2-3-7-23(20)29-18)12-15-26(16-13-24)14-4-6-22(27)19-8-10-21(25)11-9-19/h2-3,5,7-11,18H,4,6,12-17H2,1H3. The number of Topliss-reactive ketones (excluding diaryl/α,β-unsaturated/α-hetero) is 1. The van der Waals surface area contributed by atoms with Crippen LogP contribution in [0.25, 0.3) is 0 Å². The topological polar surface area (TPSA) is 38.8 Å². The van der Waals surface area contributed by atoms with Gasteiger partial charge in [-0.3, -0.25) is 4.79 Å². The lowest BCUT2D eigenvalue weighted by Crippen LogP contribution is -2.53. The number of carbonyl (C=O) groups excluding carboxylic acids is 1. The van der Waals surface area contributed by atoms with E-state index in [0.29, 0.717) is 18.6 Å². The Hall–Kier alpha value is -2.24. The molecule has 1 fully saturated rings. The molecule has 2 aliphatic rings. The Morgan fingerprint density at radius 3 is 2.62 bits per heavy atom. The van der Waals surface area contributed by atoms with Gasteiger partial charge in [-0.25, -0.2) is 4.39 Å². The fourth-order valence-electron chi connectivity index (χ4n) is 4.32. The second-order valence-electron chi connectivity index (χ2n) is 8.10. The number of likely N-dealkylation sites (tertiary alicyclic amines) is 1. The van der Waals surface area contributed by atoms with Crippen LogP contribution in [-0.4, -0.2) is 42.0 Å². The SMILES string of the molecule is CC1Oc2ccccc2COC12CCN(CCCC(=O)c1ccc(F)cc1)CC2. The summed E-state index contributed by atoms with van der Waals surface area (Å²) in [6, 6.07) is 13.9. The molecule has 2 heterocycles. The second kappa shape index (κ2) is 8.64. The highest BCUT2D eigenvalue weighted by Gasteiger charge is 2.43. The van der Waals surface area contributed by atoms with Crippen molar-refractivity contribution in [3.05, 3.63) is 65.5 Å². The maximum absolute atomic E-state index is 13.0. The van der Waals surface area contributed by atoms with Crippen molar-refractivity contribution in [1.82, 2.24) is 4.90 Å². The minimum absolute atomic E-state index is 0.00774. The summed E-state index contributed by atoms with van der Waals surface area (Å²) >= 11 is 0. The van der Waals surface area contributed by atoms with Crippen LogP contribution in [0.15, 0.2) is 48.5 Å². The number of piperidine rings is 1. The van der Waals surface area contributed by atoms with Crippen LogP contribution in [-0.2, 0) is 11.3 Å². The summed E-state index contributed by atoms with van der Waals surface area (Å²) in [5, 5.41) is 0. The van der Waals surface area contributed by atoms with E-state index in [1.807, 2.05) is 18.2 Å². The van der Waals surface area contributed by atoms with E-state index in [9.17, 15) is 9.18 Å². The zero-order valence-corrected chi connectivity index (χ0v) is 16.9. The molecule has 4 rings (SSSR count). The number of fused-ring (bicyclic) bond motifs is 1. The number of rotatable bonds is 5. The van der Waals surface area contributed by atoms with Crippen molar-refractivity contribution in [3.8, 4) is 5.75 Å². The number of carbonyl (C=O) groups is 1. The summed E-state index contributed by atoms with van der Waals surface area (Å²) in [5.41, 5.74) is 1.44. The predicted molar refractivity (Wildman–Crippen MR) is 110 cm³/mol. The third kappa shape index (κ3) is 4.51. The molecule has 0 saturated carbocycles. The van der Waals surface area contributed by atoms with Crippen LogP contribution >= 0.6 is 0 Å². The van der Waals surface area contributed by atoms with Crippen molar-refractivity contribution in [2.75, 3.05) is 19.6 Å². The van der Waals surface area contributed by atoms with Crippen molar-refractivity contribution in [2.45, 2.75) is 50.9 Å². The lowest BCUT2D eigenvalue weighted by molar-refractivity contribution is -0.136. The first-order valence-electron chi connectivity index (χ1n) is 10.5. The summed E-state index contributed by atoms with van der Waals surface area (Å²) in [5.74, 6) is 0.690. The molecule has 0 aliphatic carbocycles. The monoisotopic (exact) mass is 397 g/mol. The second-order valence-corrected chi connectivity index (χ2v) is 8.10. The maximum atomic E-state index is 13.0. The number of nitrogens with zero attached hydrogens (tertiary/aromatic N) is 1. The third-order valence-electron chi connectivity index (χ3n) is 6.28. The Morgan fingerprint density at radius 1 is 1.14 bits per heavy atom. The number of halogens is 1.